The first-order chi connectivity index (χ1) is 15.2. The summed E-state index contributed by atoms with van der Waals surface area (Å²) in [6.07, 6.45) is 3.01. The number of nitrogens with one attached hydrogen (secondary N) is 2. The number of para-hydroxylation sites is 1. The van der Waals surface area contributed by atoms with Gasteiger partial charge in [-0.15, -0.1) is 0 Å². The van der Waals surface area contributed by atoms with E-state index in [9.17, 15) is 9.59 Å². The number of ether oxygens (including phenoxy) is 1. The zero-order valence-corrected chi connectivity index (χ0v) is 17.0. The molecule has 0 bridgehead atoms. The number of hydrogen-bond donors (Lipinski definition) is 2. The number of likely N-dealkylation sites (tertiary alicyclic amines) is 1. The van der Waals surface area contributed by atoms with Crippen molar-refractivity contribution in [1.29, 1.82) is 0 Å². The molecule has 4 rings (SSSR count). The second kappa shape index (κ2) is 9.75. The Morgan fingerprint density at radius 2 is 1.77 bits per heavy atom. The Morgan fingerprint density at radius 1 is 1.03 bits per heavy atom. The fraction of sp³-hybridized carbons (Fsp3) is 0.208. The van der Waals surface area contributed by atoms with Crippen LogP contribution in [0.25, 0.3) is 0 Å². The van der Waals surface area contributed by atoms with Crippen LogP contribution in [0.4, 0.5) is 10.5 Å². The Morgan fingerprint density at radius 3 is 2.48 bits per heavy atom. The quantitative estimate of drug-likeness (QED) is 0.599. The fourth-order valence-corrected chi connectivity index (χ4v) is 3.52. The van der Waals surface area contributed by atoms with Gasteiger partial charge in [0.2, 0.25) is 11.8 Å². The van der Waals surface area contributed by atoms with Gasteiger partial charge in [-0.05, 0) is 36.2 Å². The average molecular weight is 416 g/mol. The van der Waals surface area contributed by atoms with Crippen molar-refractivity contribution in [3.8, 4) is 11.6 Å². The zero-order chi connectivity index (χ0) is 21.5. The van der Waals surface area contributed by atoms with Crippen molar-refractivity contribution in [2.24, 2.45) is 0 Å². The number of urea groups is 1. The van der Waals surface area contributed by atoms with E-state index in [1.807, 2.05) is 60.7 Å². The van der Waals surface area contributed by atoms with Crippen LogP contribution in [0.3, 0.4) is 0 Å². The van der Waals surface area contributed by atoms with E-state index in [0.717, 1.165) is 12.0 Å². The molecule has 1 saturated heterocycles. The maximum atomic E-state index is 12.8. The second-order valence-electron chi connectivity index (χ2n) is 7.28. The summed E-state index contributed by atoms with van der Waals surface area (Å²) in [5.41, 5.74) is 1.39. The summed E-state index contributed by atoms with van der Waals surface area (Å²) in [6, 6.07) is 21.6. The summed E-state index contributed by atoms with van der Waals surface area (Å²) < 4.78 is 5.82. The van der Waals surface area contributed by atoms with E-state index in [0.29, 0.717) is 36.8 Å². The van der Waals surface area contributed by atoms with Crippen LogP contribution in [-0.4, -0.2) is 34.9 Å². The van der Waals surface area contributed by atoms with Gasteiger partial charge in [-0.25, -0.2) is 9.78 Å². The SMILES string of the molecule is O=C(Nc1cccnc1Oc1ccccc1)NC(CN1CCCC1=O)c1ccccc1. The molecular weight excluding hydrogens is 392 g/mol. The molecule has 3 aromatic rings. The van der Waals surface area contributed by atoms with Crippen molar-refractivity contribution in [2.45, 2.75) is 18.9 Å². The Balaban J connectivity index is 1.47. The number of anilines is 1. The normalized spacial score (nSPS) is 14.2. The topological polar surface area (TPSA) is 83.6 Å². The van der Waals surface area contributed by atoms with Crippen LogP contribution >= 0.6 is 0 Å². The number of carbonyl (C=O) groups is 2. The molecular formula is C24H24N4O3. The van der Waals surface area contributed by atoms with E-state index in [-0.39, 0.29) is 11.9 Å². The van der Waals surface area contributed by atoms with Crippen LogP contribution in [0.5, 0.6) is 11.6 Å². The molecule has 31 heavy (non-hydrogen) atoms. The summed E-state index contributed by atoms with van der Waals surface area (Å²) >= 11 is 0. The number of benzene rings is 2. The predicted molar refractivity (Wildman–Crippen MR) is 118 cm³/mol. The highest BCUT2D eigenvalue weighted by molar-refractivity contribution is 5.91. The molecule has 2 heterocycles. The van der Waals surface area contributed by atoms with Crippen molar-refractivity contribution in [3.63, 3.8) is 0 Å². The maximum Gasteiger partial charge on any atom is 0.319 e. The minimum Gasteiger partial charge on any atom is -0.437 e. The molecule has 1 aliphatic heterocycles. The summed E-state index contributed by atoms with van der Waals surface area (Å²) in [5.74, 6) is 1.04. The number of pyridine rings is 1. The van der Waals surface area contributed by atoms with Crippen LogP contribution in [-0.2, 0) is 4.79 Å². The first-order valence-corrected chi connectivity index (χ1v) is 10.3. The van der Waals surface area contributed by atoms with Gasteiger partial charge < -0.3 is 20.3 Å². The summed E-state index contributed by atoms with van der Waals surface area (Å²) in [7, 11) is 0. The first-order valence-electron chi connectivity index (χ1n) is 10.3. The molecule has 7 heteroatoms. The average Bonchev–Trinajstić information content (AvgIpc) is 3.20. The molecule has 1 aliphatic rings. The van der Waals surface area contributed by atoms with Gasteiger partial charge in [-0.1, -0.05) is 48.5 Å². The number of hydrogen-bond acceptors (Lipinski definition) is 4. The van der Waals surface area contributed by atoms with E-state index in [2.05, 4.69) is 15.6 Å². The van der Waals surface area contributed by atoms with Gasteiger partial charge in [0.25, 0.3) is 0 Å². The maximum absolute atomic E-state index is 12.8. The largest absolute Gasteiger partial charge is 0.437 e. The van der Waals surface area contributed by atoms with E-state index in [4.69, 9.17) is 4.74 Å². The molecule has 0 radical (unpaired) electrons. The molecule has 158 valence electrons. The first kappa shape index (κ1) is 20.4. The number of amides is 3. The van der Waals surface area contributed by atoms with E-state index >= 15 is 0 Å². The third-order valence-corrected chi connectivity index (χ3v) is 5.06. The van der Waals surface area contributed by atoms with Crippen LogP contribution in [0, 0.1) is 0 Å². The van der Waals surface area contributed by atoms with E-state index < -0.39 is 6.03 Å². The third-order valence-electron chi connectivity index (χ3n) is 5.06. The molecule has 1 unspecified atom stereocenters. The second-order valence-corrected chi connectivity index (χ2v) is 7.28. The highest BCUT2D eigenvalue weighted by Gasteiger charge is 2.25. The van der Waals surface area contributed by atoms with Gasteiger partial charge in [0.1, 0.15) is 11.4 Å². The standard InChI is InChI=1S/C24H24N4O3/c29-22-14-8-16-28(22)17-21(18-9-3-1-4-10-18)27-24(30)26-20-13-7-15-25-23(20)31-19-11-5-2-6-12-19/h1-7,9-13,15,21H,8,14,16-17H2,(H2,26,27,30). The van der Waals surface area contributed by atoms with Gasteiger partial charge in [-0.2, -0.15) is 0 Å². The zero-order valence-electron chi connectivity index (χ0n) is 17.0. The van der Waals surface area contributed by atoms with Crippen molar-refractivity contribution >= 4 is 17.6 Å². The predicted octanol–water partition coefficient (Wildman–Crippen LogP) is 4.36. The van der Waals surface area contributed by atoms with Crippen LogP contribution in [0.15, 0.2) is 79.0 Å². The van der Waals surface area contributed by atoms with Crippen LogP contribution in [0.2, 0.25) is 0 Å². The Hall–Kier alpha value is -3.87. The van der Waals surface area contributed by atoms with Crippen molar-refractivity contribution in [2.75, 3.05) is 18.4 Å². The minimum absolute atomic E-state index is 0.119. The van der Waals surface area contributed by atoms with Gasteiger partial charge in [-0.3, -0.25) is 4.79 Å². The van der Waals surface area contributed by atoms with Crippen molar-refractivity contribution < 1.29 is 14.3 Å². The summed E-state index contributed by atoms with van der Waals surface area (Å²) in [4.78, 5) is 31.0. The van der Waals surface area contributed by atoms with Crippen molar-refractivity contribution in [1.82, 2.24) is 15.2 Å². The van der Waals surface area contributed by atoms with Gasteiger partial charge in [0.05, 0.1) is 6.04 Å². The molecule has 2 aromatic carbocycles. The molecule has 7 nitrogen and oxygen atoms in total. The number of nitrogens with zero attached hydrogens (tertiary/aromatic N) is 2. The van der Waals surface area contributed by atoms with Gasteiger partial charge in [0.15, 0.2) is 0 Å². The minimum atomic E-state index is -0.397. The molecule has 1 aromatic heterocycles. The fourth-order valence-electron chi connectivity index (χ4n) is 3.52. The Kier molecular flexibility index (Phi) is 6.42. The van der Waals surface area contributed by atoms with Crippen molar-refractivity contribution in [3.05, 3.63) is 84.6 Å². The van der Waals surface area contributed by atoms with Crippen LogP contribution < -0.4 is 15.4 Å². The summed E-state index contributed by atoms with van der Waals surface area (Å²) in [6.45, 7) is 1.14. The lowest BCUT2D eigenvalue weighted by Gasteiger charge is -2.25. The van der Waals surface area contributed by atoms with E-state index in [1.165, 1.54) is 0 Å². The lowest BCUT2D eigenvalue weighted by Crippen LogP contribution is -2.40. The summed E-state index contributed by atoms with van der Waals surface area (Å²) in [5, 5.41) is 5.82. The number of rotatable bonds is 7. The Bertz CT molecular complexity index is 1030. The lowest BCUT2D eigenvalue weighted by molar-refractivity contribution is -0.128. The molecule has 3 amide bonds. The van der Waals surface area contributed by atoms with Crippen LogP contribution in [0.1, 0.15) is 24.4 Å². The number of aromatic nitrogens is 1. The lowest BCUT2D eigenvalue weighted by atomic mass is 10.1. The Labute approximate surface area is 181 Å². The molecule has 0 spiro atoms. The highest BCUT2D eigenvalue weighted by atomic mass is 16.5. The molecule has 2 N–H and O–H groups in total. The van der Waals surface area contributed by atoms with Gasteiger partial charge >= 0.3 is 6.03 Å². The van der Waals surface area contributed by atoms with Gasteiger partial charge in [0, 0.05) is 25.7 Å². The monoisotopic (exact) mass is 416 g/mol. The molecule has 0 aliphatic carbocycles. The third kappa shape index (κ3) is 5.39. The highest BCUT2D eigenvalue weighted by Crippen LogP contribution is 2.27. The molecule has 1 fully saturated rings. The smallest absolute Gasteiger partial charge is 0.319 e. The number of carbonyl (C=O) groups excluding carboxylic acids is 2. The molecule has 0 saturated carbocycles. The molecule has 1 atom stereocenters. The van der Waals surface area contributed by atoms with E-state index in [1.54, 1.807) is 23.2 Å².